The number of hydrogen-bond acceptors (Lipinski definition) is 1. The standard InChI is InChI=1S/C17H16ClNO/c1-11-5-4-8-15(16(11)18)17(20)19-14-9-12-6-2-3-7-13(12)10-14/h2-8,14H,9-10H2,1H3,(H,19,20). The van der Waals surface area contributed by atoms with Gasteiger partial charge >= 0.3 is 0 Å². The monoisotopic (exact) mass is 285 g/mol. The maximum absolute atomic E-state index is 12.3. The highest BCUT2D eigenvalue weighted by Crippen LogP contribution is 2.24. The van der Waals surface area contributed by atoms with E-state index in [1.165, 1.54) is 11.1 Å². The van der Waals surface area contributed by atoms with Gasteiger partial charge in [0.25, 0.3) is 5.91 Å². The van der Waals surface area contributed by atoms with Crippen molar-refractivity contribution in [1.82, 2.24) is 5.32 Å². The molecule has 3 heteroatoms. The van der Waals surface area contributed by atoms with Crippen LogP contribution in [0.15, 0.2) is 42.5 Å². The normalized spacial score (nSPS) is 14.1. The molecular formula is C17H16ClNO. The second-order valence-corrected chi connectivity index (χ2v) is 5.66. The van der Waals surface area contributed by atoms with Gasteiger partial charge in [0, 0.05) is 6.04 Å². The molecule has 0 saturated carbocycles. The summed E-state index contributed by atoms with van der Waals surface area (Å²) in [7, 11) is 0. The minimum atomic E-state index is -0.0866. The van der Waals surface area contributed by atoms with E-state index in [-0.39, 0.29) is 11.9 Å². The smallest absolute Gasteiger partial charge is 0.253 e. The van der Waals surface area contributed by atoms with Crippen LogP contribution in [0.5, 0.6) is 0 Å². The topological polar surface area (TPSA) is 29.1 Å². The van der Waals surface area contributed by atoms with Crippen molar-refractivity contribution in [3.8, 4) is 0 Å². The average molecular weight is 286 g/mol. The third kappa shape index (κ3) is 2.44. The Bertz CT molecular complexity index is 641. The van der Waals surface area contributed by atoms with Crippen LogP contribution in [0.1, 0.15) is 27.0 Å². The number of halogens is 1. The molecule has 0 heterocycles. The number of amides is 1. The van der Waals surface area contributed by atoms with E-state index in [0.717, 1.165) is 18.4 Å². The van der Waals surface area contributed by atoms with E-state index in [2.05, 4.69) is 17.4 Å². The molecule has 2 aromatic carbocycles. The maximum Gasteiger partial charge on any atom is 0.253 e. The number of benzene rings is 2. The molecule has 102 valence electrons. The highest BCUT2D eigenvalue weighted by Gasteiger charge is 2.23. The lowest BCUT2D eigenvalue weighted by molar-refractivity contribution is 0.0938. The van der Waals surface area contributed by atoms with Crippen molar-refractivity contribution in [3.63, 3.8) is 0 Å². The van der Waals surface area contributed by atoms with Gasteiger partial charge in [0.2, 0.25) is 0 Å². The number of rotatable bonds is 2. The minimum absolute atomic E-state index is 0.0866. The Morgan fingerprint density at radius 2 is 1.75 bits per heavy atom. The van der Waals surface area contributed by atoms with Crippen molar-refractivity contribution >= 4 is 17.5 Å². The summed E-state index contributed by atoms with van der Waals surface area (Å²) < 4.78 is 0. The molecule has 0 aromatic heterocycles. The van der Waals surface area contributed by atoms with Gasteiger partial charge in [0.15, 0.2) is 0 Å². The molecule has 0 saturated heterocycles. The SMILES string of the molecule is Cc1cccc(C(=O)NC2Cc3ccccc3C2)c1Cl. The Hall–Kier alpha value is -1.80. The summed E-state index contributed by atoms with van der Waals surface area (Å²) in [6.07, 6.45) is 1.79. The summed E-state index contributed by atoms with van der Waals surface area (Å²) in [5.41, 5.74) is 4.14. The number of fused-ring (bicyclic) bond motifs is 1. The second kappa shape index (κ2) is 5.29. The second-order valence-electron chi connectivity index (χ2n) is 5.28. The molecule has 1 N–H and O–H groups in total. The van der Waals surface area contributed by atoms with Gasteiger partial charge in [-0.1, -0.05) is 48.0 Å². The summed E-state index contributed by atoms with van der Waals surface area (Å²) in [6.45, 7) is 1.91. The van der Waals surface area contributed by atoms with Gasteiger partial charge in [0.05, 0.1) is 10.6 Å². The van der Waals surface area contributed by atoms with Crippen molar-refractivity contribution in [3.05, 3.63) is 69.7 Å². The Morgan fingerprint density at radius 1 is 1.10 bits per heavy atom. The molecule has 2 nitrogen and oxygen atoms in total. The van der Waals surface area contributed by atoms with Gasteiger partial charge in [-0.25, -0.2) is 0 Å². The molecule has 2 aromatic rings. The summed E-state index contributed by atoms with van der Waals surface area (Å²) in [4.78, 5) is 12.3. The highest BCUT2D eigenvalue weighted by molar-refractivity contribution is 6.34. The first kappa shape index (κ1) is 13.2. The van der Waals surface area contributed by atoms with Gasteiger partial charge in [-0.15, -0.1) is 0 Å². The van der Waals surface area contributed by atoms with Crippen LogP contribution in [-0.2, 0) is 12.8 Å². The van der Waals surface area contributed by atoms with E-state index >= 15 is 0 Å². The molecule has 1 aliphatic rings. The number of carbonyl (C=O) groups excluding carboxylic acids is 1. The third-order valence-corrected chi connectivity index (χ3v) is 4.32. The van der Waals surface area contributed by atoms with Crippen molar-refractivity contribution in [2.24, 2.45) is 0 Å². The van der Waals surface area contributed by atoms with Crippen LogP contribution in [0.25, 0.3) is 0 Å². The molecule has 0 radical (unpaired) electrons. The fourth-order valence-electron chi connectivity index (χ4n) is 2.75. The Labute approximate surface area is 123 Å². The molecule has 20 heavy (non-hydrogen) atoms. The predicted molar refractivity (Wildman–Crippen MR) is 81.3 cm³/mol. The van der Waals surface area contributed by atoms with E-state index < -0.39 is 0 Å². The Morgan fingerprint density at radius 3 is 2.40 bits per heavy atom. The van der Waals surface area contributed by atoms with E-state index in [1.807, 2.05) is 31.2 Å². The van der Waals surface area contributed by atoms with E-state index in [4.69, 9.17) is 11.6 Å². The van der Waals surface area contributed by atoms with Crippen LogP contribution in [0.4, 0.5) is 0 Å². The fourth-order valence-corrected chi connectivity index (χ4v) is 2.96. The van der Waals surface area contributed by atoms with Gasteiger partial charge in [-0.2, -0.15) is 0 Å². The zero-order chi connectivity index (χ0) is 14.1. The molecular weight excluding hydrogens is 270 g/mol. The van der Waals surface area contributed by atoms with Gasteiger partial charge < -0.3 is 5.32 Å². The third-order valence-electron chi connectivity index (χ3n) is 3.82. The highest BCUT2D eigenvalue weighted by atomic mass is 35.5. The number of carbonyl (C=O) groups is 1. The largest absolute Gasteiger partial charge is 0.349 e. The number of nitrogens with one attached hydrogen (secondary N) is 1. The van der Waals surface area contributed by atoms with Crippen molar-refractivity contribution < 1.29 is 4.79 Å². The van der Waals surface area contributed by atoms with Crippen LogP contribution < -0.4 is 5.32 Å². The molecule has 3 rings (SSSR count). The molecule has 0 aliphatic heterocycles. The first-order valence-electron chi connectivity index (χ1n) is 6.78. The molecule has 0 fully saturated rings. The summed E-state index contributed by atoms with van der Waals surface area (Å²) >= 11 is 6.20. The van der Waals surface area contributed by atoms with E-state index in [1.54, 1.807) is 6.07 Å². The first-order valence-corrected chi connectivity index (χ1v) is 7.15. The summed E-state index contributed by atoms with van der Waals surface area (Å²) in [5, 5.41) is 3.63. The van der Waals surface area contributed by atoms with Crippen LogP contribution in [0.2, 0.25) is 5.02 Å². The molecule has 0 bridgehead atoms. The molecule has 1 aliphatic carbocycles. The molecule has 1 amide bonds. The van der Waals surface area contributed by atoms with Crippen LogP contribution in [0.3, 0.4) is 0 Å². The zero-order valence-electron chi connectivity index (χ0n) is 11.3. The molecule has 0 unspecified atom stereocenters. The van der Waals surface area contributed by atoms with Gasteiger partial charge in [0.1, 0.15) is 0 Å². The lowest BCUT2D eigenvalue weighted by atomic mass is 10.1. The van der Waals surface area contributed by atoms with Crippen LogP contribution in [-0.4, -0.2) is 11.9 Å². The van der Waals surface area contributed by atoms with Gasteiger partial charge in [-0.05, 0) is 42.5 Å². The summed E-state index contributed by atoms with van der Waals surface area (Å²) in [6, 6.07) is 14.0. The average Bonchev–Trinajstić information content (AvgIpc) is 2.83. The van der Waals surface area contributed by atoms with Gasteiger partial charge in [-0.3, -0.25) is 4.79 Å². The van der Waals surface area contributed by atoms with Crippen LogP contribution >= 0.6 is 11.6 Å². The molecule has 0 spiro atoms. The van der Waals surface area contributed by atoms with Crippen molar-refractivity contribution in [2.45, 2.75) is 25.8 Å². The first-order chi connectivity index (χ1) is 9.65. The lowest BCUT2D eigenvalue weighted by Crippen LogP contribution is -2.35. The lowest BCUT2D eigenvalue weighted by Gasteiger charge is -2.13. The Balaban J connectivity index is 1.74. The van der Waals surface area contributed by atoms with E-state index in [9.17, 15) is 4.79 Å². The van der Waals surface area contributed by atoms with Crippen molar-refractivity contribution in [2.75, 3.05) is 0 Å². The van der Waals surface area contributed by atoms with E-state index in [0.29, 0.717) is 10.6 Å². The van der Waals surface area contributed by atoms with Crippen LogP contribution in [0, 0.1) is 6.92 Å². The number of aryl methyl sites for hydroxylation is 1. The Kier molecular flexibility index (Phi) is 3.49. The van der Waals surface area contributed by atoms with Crippen molar-refractivity contribution in [1.29, 1.82) is 0 Å². The minimum Gasteiger partial charge on any atom is -0.349 e. The fraction of sp³-hybridized carbons (Fsp3) is 0.235. The quantitative estimate of drug-likeness (QED) is 0.898. The summed E-state index contributed by atoms with van der Waals surface area (Å²) in [5.74, 6) is -0.0866. The molecule has 0 atom stereocenters. The number of hydrogen-bond donors (Lipinski definition) is 1. The zero-order valence-corrected chi connectivity index (χ0v) is 12.1. The maximum atomic E-state index is 12.3. The predicted octanol–water partition coefficient (Wildman–Crippen LogP) is 3.55.